The first-order valence-electron chi connectivity index (χ1n) is 9.29. The molecule has 0 aromatic heterocycles. The van der Waals surface area contributed by atoms with Crippen molar-refractivity contribution in [3.63, 3.8) is 0 Å². The molecule has 3 heteroatoms. The Hall–Kier alpha value is -3.82. The minimum Gasteiger partial charge on any atom is -0.378 e. The molecule has 1 aromatic rings. The third-order valence-electron chi connectivity index (χ3n) is 3.86. The van der Waals surface area contributed by atoms with Crippen LogP contribution in [0.4, 0.5) is 5.69 Å². The SMILES string of the molecule is CC(/C=C/C=C(C#N)C#N)=C\C=C\C=C(C)\C=C\C=C\c1ccc(N(C)C)cc1. The van der Waals surface area contributed by atoms with Gasteiger partial charge in [-0.15, -0.1) is 0 Å². The average Bonchev–Trinajstić information content (AvgIpc) is 2.72. The van der Waals surface area contributed by atoms with Crippen LogP contribution in [-0.2, 0) is 0 Å². The van der Waals surface area contributed by atoms with Crippen molar-refractivity contribution >= 4 is 11.8 Å². The second-order valence-electron chi connectivity index (χ2n) is 6.57. The second-order valence-corrected chi connectivity index (χ2v) is 6.57. The zero-order chi connectivity index (χ0) is 21.5. The van der Waals surface area contributed by atoms with Gasteiger partial charge < -0.3 is 4.90 Å². The summed E-state index contributed by atoms with van der Waals surface area (Å²) in [5, 5.41) is 17.3. The van der Waals surface area contributed by atoms with Crippen LogP contribution in [0, 0.1) is 22.7 Å². The molecule has 0 fully saturated rings. The standard InChI is InChI=1S/C26H27N3/c1-22(10-5-6-11-23(2)13-9-15-25(20-27)21-28)12-7-8-14-24-16-18-26(19-17-24)29(3)4/h5-19H,1-4H3/b6-5+,12-7+,13-9+,14-8+,22-10+,23-11+. The zero-order valence-electron chi connectivity index (χ0n) is 17.5. The highest BCUT2D eigenvalue weighted by Crippen LogP contribution is 2.13. The van der Waals surface area contributed by atoms with Gasteiger partial charge in [-0.2, -0.15) is 10.5 Å². The molecule has 0 N–H and O–H groups in total. The summed E-state index contributed by atoms with van der Waals surface area (Å²) in [5.41, 5.74) is 4.62. The van der Waals surface area contributed by atoms with E-state index >= 15 is 0 Å². The molecule has 0 aliphatic heterocycles. The highest BCUT2D eigenvalue weighted by molar-refractivity contribution is 5.56. The highest BCUT2D eigenvalue weighted by atomic mass is 15.1. The number of anilines is 1. The second kappa shape index (κ2) is 13.4. The lowest BCUT2D eigenvalue weighted by molar-refractivity contribution is 1.13. The molecule has 0 aliphatic rings. The fourth-order valence-corrected chi connectivity index (χ4v) is 2.18. The Kier molecular flexibility index (Phi) is 10.7. The predicted molar refractivity (Wildman–Crippen MR) is 124 cm³/mol. The fraction of sp³-hybridized carbons (Fsp3) is 0.154. The Morgan fingerprint density at radius 2 is 1.31 bits per heavy atom. The summed E-state index contributed by atoms with van der Waals surface area (Å²) in [4.78, 5) is 2.08. The quantitative estimate of drug-likeness (QED) is 0.392. The number of nitriles is 2. The van der Waals surface area contributed by atoms with E-state index in [4.69, 9.17) is 10.5 Å². The zero-order valence-corrected chi connectivity index (χ0v) is 17.5. The number of benzene rings is 1. The molecule has 29 heavy (non-hydrogen) atoms. The summed E-state index contributed by atoms with van der Waals surface area (Å²) in [5.74, 6) is 0. The van der Waals surface area contributed by atoms with Crippen LogP contribution in [0.1, 0.15) is 19.4 Å². The van der Waals surface area contributed by atoms with Gasteiger partial charge in [0.15, 0.2) is 0 Å². The molecular weight excluding hydrogens is 354 g/mol. The molecule has 0 aliphatic carbocycles. The molecule has 0 atom stereocenters. The molecule has 3 nitrogen and oxygen atoms in total. The van der Waals surface area contributed by atoms with Crippen molar-refractivity contribution in [1.29, 1.82) is 10.5 Å². The molecule has 0 saturated heterocycles. The Morgan fingerprint density at radius 3 is 1.83 bits per heavy atom. The predicted octanol–water partition coefficient (Wildman–Crippen LogP) is 6.30. The van der Waals surface area contributed by atoms with Gasteiger partial charge in [-0.3, -0.25) is 0 Å². The van der Waals surface area contributed by atoms with Gasteiger partial charge in [-0.05, 0) is 37.6 Å². The molecule has 0 bridgehead atoms. The maximum Gasteiger partial charge on any atom is 0.129 e. The van der Waals surface area contributed by atoms with Crippen LogP contribution in [0.3, 0.4) is 0 Å². The van der Waals surface area contributed by atoms with E-state index in [0.29, 0.717) is 0 Å². The molecular formula is C26H27N3. The van der Waals surface area contributed by atoms with E-state index in [2.05, 4.69) is 41.3 Å². The first-order chi connectivity index (χ1) is 14.0. The molecule has 0 spiro atoms. The van der Waals surface area contributed by atoms with Crippen LogP contribution in [0.25, 0.3) is 6.08 Å². The Bertz CT molecular complexity index is 933. The lowest BCUT2D eigenvalue weighted by atomic mass is 10.1. The summed E-state index contributed by atoms with van der Waals surface area (Å²) >= 11 is 0. The van der Waals surface area contributed by atoms with Gasteiger partial charge in [0.1, 0.15) is 17.7 Å². The minimum absolute atomic E-state index is 0.0922. The summed E-state index contributed by atoms with van der Waals surface area (Å²) in [6.45, 7) is 4.01. The van der Waals surface area contributed by atoms with Gasteiger partial charge in [-0.1, -0.05) is 84.0 Å². The lowest BCUT2D eigenvalue weighted by Gasteiger charge is -2.11. The minimum atomic E-state index is 0.0922. The normalized spacial score (nSPS) is 12.6. The number of hydrogen-bond donors (Lipinski definition) is 0. The summed E-state index contributed by atoms with van der Waals surface area (Å²) in [7, 11) is 4.06. The summed E-state index contributed by atoms with van der Waals surface area (Å²) < 4.78 is 0. The third-order valence-corrected chi connectivity index (χ3v) is 3.86. The van der Waals surface area contributed by atoms with Crippen molar-refractivity contribution < 1.29 is 0 Å². The van der Waals surface area contributed by atoms with Gasteiger partial charge in [0, 0.05) is 19.8 Å². The monoisotopic (exact) mass is 381 g/mol. The number of hydrogen-bond acceptors (Lipinski definition) is 3. The van der Waals surface area contributed by atoms with E-state index in [-0.39, 0.29) is 5.57 Å². The van der Waals surface area contributed by atoms with E-state index < -0.39 is 0 Å². The highest BCUT2D eigenvalue weighted by Gasteiger charge is 1.92. The van der Waals surface area contributed by atoms with Crippen molar-refractivity contribution in [3.05, 3.63) is 107 Å². The van der Waals surface area contributed by atoms with Crippen LogP contribution in [0.2, 0.25) is 0 Å². The number of nitrogens with zero attached hydrogens (tertiary/aromatic N) is 3. The lowest BCUT2D eigenvalue weighted by Crippen LogP contribution is -2.07. The number of allylic oxidation sites excluding steroid dienone is 13. The van der Waals surface area contributed by atoms with Crippen LogP contribution in [0.5, 0.6) is 0 Å². The maximum atomic E-state index is 8.66. The van der Waals surface area contributed by atoms with Crippen LogP contribution < -0.4 is 4.90 Å². The smallest absolute Gasteiger partial charge is 0.129 e. The summed E-state index contributed by atoms with van der Waals surface area (Å²) in [6.07, 6.45) is 21.2. The van der Waals surface area contributed by atoms with Crippen LogP contribution in [0.15, 0.2) is 102 Å². The molecule has 0 radical (unpaired) electrons. The Balaban J connectivity index is 2.56. The van der Waals surface area contributed by atoms with Gasteiger partial charge in [0.25, 0.3) is 0 Å². The molecule has 0 amide bonds. The molecule has 0 saturated carbocycles. The molecule has 0 unspecified atom stereocenters. The first kappa shape index (κ1) is 23.2. The van der Waals surface area contributed by atoms with Gasteiger partial charge in [0.2, 0.25) is 0 Å². The van der Waals surface area contributed by atoms with E-state index in [9.17, 15) is 0 Å². The van der Waals surface area contributed by atoms with Crippen molar-refractivity contribution in [2.75, 3.05) is 19.0 Å². The molecule has 1 rings (SSSR count). The van der Waals surface area contributed by atoms with Crippen LogP contribution >= 0.6 is 0 Å². The summed E-state index contributed by atoms with van der Waals surface area (Å²) in [6, 6.07) is 12.1. The van der Waals surface area contributed by atoms with E-state index in [1.165, 1.54) is 17.3 Å². The Labute approximate surface area is 174 Å². The first-order valence-corrected chi connectivity index (χ1v) is 9.29. The van der Waals surface area contributed by atoms with Crippen LogP contribution in [-0.4, -0.2) is 14.1 Å². The largest absolute Gasteiger partial charge is 0.378 e. The van der Waals surface area contributed by atoms with Gasteiger partial charge in [-0.25, -0.2) is 0 Å². The van der Waals surface area contributed by atoms with Crippen molar-refractivity contribution in [3.8, 4) is 12.1 Å². The van der Waals surface area contributed by atoms with E-state index in [0.717, 1.165) is 11.1 Å². The molecule has 0 heterocycles. The third kappa shape index (κ3) is 10.2. The molecule has 1 aromatic carbocycles. The van der Waals surface area contributed by atoms with Crippen molar-refractivity contribution in [1.82, 2.24) is 0 Å². The molecule has 146 valence electrons. The fourth-order valence-electron chi connectivity index (χ4n) is 2.18. The average molecular weight is 382 g/mol. The van der Waals surface area contributed by atoms with E-state index in [1.807, 2.05) is 82.6 Å². The van der Waals surface area contributed by atoms with E-state index in [1.54, 1.807) is 6.08 Å². The maximum absolute atomic E-state index is 8.66. The van der Waals surface area contributed by atoms with Gasteiger partial charge in [0.05, 0.1) is 0 Å². The topological polar surface area (TPSA) is 50.8 Å². The van der Waals surface area contributed by atoms with Gasteiger partial charge >= 0.3 is 0 Å². The van der Waals surface area contributed by atoms with Crippen molar-refractivity contribution in [2.24, 2.45) is 0 Å². The van der Waals surface area contributed by atoms with Crippen molar-refractivity contribution in [2.45, 2.75) is 13.8 Å². The number of rotatable bonds is 8. The Morgan fingerprint density at radius 1 is 0.759 bits per heavy atom.